The van der Waals surface area contributed by atoms with Gasteiger partial charge in [0.25, 0.3) is 0 Å². The maximum atomic E-state index is 9.29. The second-order valence-electron chi connectivity index (χ2n) is 6.01. The van der Waals surface area contributed by atoms with Gasteiger partial charge < -0.3 is 24.4 Å². The molecule has 0 aromatic rings. The fraction of sp³-hybridized carbons (Fsp3) is 1.00. The van der Waals surface area contributed by atoms with E-state index in [1.165, 1.54) is 0 Å². The number of hydrogen-bond acceptors (Lipinski definition) is 7. The molecule has 0 aliphatic carbocycles. The third-order valence-corrected chi connectivity index (χ3v) is 3.23. The highest BCUT2D eigenvalue weighted by Gasteiger charge is 2.30. The van der Waals surface area contributed by atoms with Crippen LogP contribution in [0.1, 0.15) is 34.1 Å². The molecule has 3 atom stereocenters. The molecule has 0 aliphatic rings. The molecule has 0 aromatic heterocycles. The first-order valence-electron chi connectivity index (χ1n) is 7.74. The molecule has 0 amide bonds. The number of rotatable bonds is 14. The fourth-order valence-corrected chi connectivity index (χ4v) is 1.79. The second-order valence-corrected chi connectivity index (χ2v) is 6.01. The topological polar surface area (TPSA) is 97.6 Å². The molecule has 0 fully saturated rings. The van der Waals surface area contributed by atoms with Gasteiger partial charge in [-0.2, -0.15) is 0 Å². The van der Waals surface area contributed by atoms with E-state index < -0.39 is 18.3 Å². The minimum Gasteiger partial charge on any atom is -0.391 e. The van der Waals surface area contributed by atoms with Gasteiger partial charge in [-0.25, -0.2) is 4.89 Å². The van der Waals surface area contributed by atoms with Crippen LogP contribution in [0.3, 0.4) is 0 Å². The van der Waals surface area contributed by atoms with Crippen molar-refractivity contribution < 1.29 is 34.6 Å². The van der Waals surface area contributed by atoms with Crippen LogP contribution in [-0.4, -0.2) is 73.4 Å². The summed E-state index contributed by atoms with van der Waals surface area (Å²) in [7, 11) is 0. The molecule has 0 saturated heterocycles. The molecule has 0 heterocycles. The zero-order chi connectivity index (χ0) is 17.0. The van der Waals surface area contributed by atoms with Gasteiger partial charge in [0.1, 0.15) is 6.10 Å². The molecule has 3 N–H and O–H groups in total. The van der Waals surface area contributed by atoms with E-state index >= 15 is 0 Å². The van der Waals surface area contributed by atoms with Gasteiger partial charge in [0.05, 0.1) is 51.8 Å². The highest BCUT2D eigenvalue weighted by molar-refractivity contribution is 4.78. The lowest BCUT2D eigenvalue weighted by molar-refractivity contribution is -0.283. The van der Waals surface area contributed by atoms with E-state index in [2.05, 4.69) is 4.89 Å². The molecule has 0 bridgehead atoms. The van der Waals surface area contributed by atoms with E-state index in [0.29, 0.717) is 19.8 Å². The third-order valence-electron chi connectivity index (χ3n) is 3.23. The zero-order valence-electron chi connectivity index (χ0n) is 14.2. The molecular weight excluding hydrogens is 292 g/mol. The zero-order valence-corrected chi connectivity index (χ0v) is 14.2. The number of aliphatic hydroxyl groups excluding tert-OH is 2. The van der Waals surface area contributed by atoms with Crippen LogP contribution < -0.4 is 0 Å². The molecular formula is C15H32O7. The molecule has 0 aliphatic heterocycles. The van der Waals surface area contributed by atoms with Gasteiger partial charge >= 0.3 is 0 Å². The Kier molecular flexibility index (Phi) is 12.0. The fourth-order valence-electron chi connectivity index (χ4n) is 1.79. The summed E-state index contributed by atoms with van der Waals surface area (Å²) in [6.07, 6.45) is -0.722. The second kappa shape index (κ2) is 12.2. The minimum absolute atomic E-state index is 0.244. The third kappa shape index (κ3) is 10.4. The molecule has 0 rings (SSSR count). The quantitative estimate of drug-likeness (QED) is 0.325. The molecule has 7 nitrogen and oxygen atoms in total. The molecule has 134 valence electrons. The predicted molar refractivity (Wildman–Crippen MR) is 81.7 cm³/mol. The van der Waals surface area contributed by atoms with Gasteiger partial charge in [0.15, 0.2) is 0 Å². The van der Waals surface area contributed by atoms with Crippen LogP contribution in [0, 0.1) is 5.41 Å². The maximum Gasteiger partial charge on any atom is 0.113 e. The summed E-state index contributed by atoms with van der Waals surface area (Å²) in [5.41, 5.74) is -0.376. The van der Waals surface area contributed by atoms with Crippen molar-refractivity contribution in [1.29, 1.82) is 0 Å². The largest absolute Gasteiger partial charge is 0.391 e. The van der Waals surface area contributed by atoms with Gasteiger partial charge in [0, 0.05) is 5.41 Å². The van der Waals surface area contributed by atoms with Crippen LogP contribution in [0.5, 0.6) is 0 Å². The maximum absolute atomic E-state index is 9.29. The Labute approximate surface area is 133 Å². The van der Waals surface area contributed by atoms with Gasteiger partial charge in [0.2, 0.25) is 0 Å². The summed E-state index contributed by atoms with van der Waals surface area (Å²) in [5.74, 6) is 0. The van der Waals surface area contributed by atoms with Crippen molar-refractivity contribution in [1.82, 2.24) is 0 Å². The van der Waals surface area contributed by atoms with Crippen LogP contribution in [0.2, 0.25) is 0 Å². The highest BCUT2D eigenvalue weighted by atomic mass is 17.1. The van der Waals surface area contributed by atoms with E-state index in [9.17, 15) is 10.2 Å². The first-order valence-corrected chi connectivity index (χ1v) is 7.74. The van der Waals surface area contributed by atoms with E-state index in [-0.39, 0.29) is 25.2 Å². The molecule has 22 heavy (non-hydrogen) atoms. The van der Waals surface area contributed by atoms with E-state index in [0.717, 1.165) is 6.42 Å². The number of aliphatic hydroxyl groups is 2. The molecule has 0 spiro atoms. The van der Waals surface area contributed by atoms with Crippen molar-refractivity contribution in [3.05, 3.63) is 0 Å². The average molecular weight is 324 g/mol. The Morgan fingerprint density at radius 1 is 0.818 bits per heavy atom. The number of hydrogen-bond donors (Lipinski definition) is 3. The number of ether oxygens (including phenoxy) is 3. The molecule has 3 unspecified atom stereocenters. The first-order chi connectivity index (χ1) is 10.3. The summed E-state index contributed by atoms with van der Waals surface area (Å²) in [5, 5.41) is 27.1. The van der Waals surface area contributed by atoms with Crippen LogP contribution in [0.15, 0.2) is 0 Å². The first kappa shape index (κ1) is 21.7. The van der Waals surface area contributed by atoms with Gasteiger partial charge in [-0.05, 0) is 27.2 Å². The van der Waals surface area contributed by atoms with Crippen molar-refractivity contribution in [2.75, 3.05) is 39.6 Å². The van der Waals surface area contributed by atoms with Gasteiger partial charge in [-0.1, -0.05) is 6.92 Å². The lowest BCUT2D eigenvalue weighted by Gasteiger charge is -2.32. The summed E-state index contributed by atoms with van der Waals surface area (Å²) in [6, 6.07) is 0. The highest BCUT2D eigenvalue weighted by Crippen LogP contribution is 2.24. The van der Waals surface area contributed by atoms with E-state index in [4.69, 9.17) is 19.5 Å². The molecule has 0 radical (unpaired) electrons. The van der Waals surface area contributed by atoms with E-state index in [1.54, 1.807) is 20.8 Å². The lowest BCUT2D eigenvalue weighted by Crippen LogP contribution is -2.39. The Hall–Kier alpha value is -0.280. The molecule has 0 aromatic carbocycles. The summed E-state index contributed by atoms with van der Waals surface area (Å²) in [4.78, 5) is 4.17. The van der Waals surface area contributed by atoms with Crippen molar-refractivity contribution >= 4 is 0 Å². The van der Waals surface area contributed by atoms with Crippen molar-refractivity contribution in [2.24, 2.45) is 5.41 Å². The van der Waals surface area contributed by atoms with E-state index in [1.807, 2.05) is 6.92 Å². The van der Waals surface area contributed by atoms with Gasteiger partial charge in [-0.15, -0.1) is 0 Å². The van der Waals surface area contributed by atoms with Gasteiger partial charge in [-0.3, -0.25) is 5.26 Å². The van der Waals surface area contributed by atoms with Crippen molar-refractivity contribution in [3.8, 4) is 0 Å². The minimum atomic E-state index is -0.531. The smallest absolute Gasteiger partial charge is 0.113 e. The Morgan fingerprint density at radius 2 is 1.23 bits per heavy atom. The average Bonchev–Trinajstić information content (AvgIpc) is 2.45. The standard InChI is InChI=1S/C15H32O7/c1-5-15(9-19-6-12(2)16,10-20-7-13(3)17)11-21-8-14(4)22-18/h12-14,16-18H,5-11H2,1-4H3. The predicted octanol–water partition coefficient (Wildman–Crippen LogP) is 1.07. The van der Waals surface area contributed by atoms with Crippen LogP contribution in [-0.2, 0) is 19.1 Å². The van der Waals surface area contributed by atoms with Crippen molar-refractivity contribution in [2.45, 2.75) is 52.4 Å². The van der Waals surface area contributed by atoms with Crippen LogP contribution >= 0.6 is 0 Å². The lowest BCUT2D eigenvalue weighted by atomic mass is 9.88. The normalized spacial score (nSPS) is 18.7. The summed E-state index contributed by atoms with van der Waals surface area (Å²) < 4.78 is 16.7. The molecule has 7 heteroatoms. The summed E-state index contributed by atoms with van der Waals surface area (Å²) >= 11 is 0. The monoisotopic (exact) mass is 324 g/mol. The van der Waals surface area contributed by atoms with Crippen LogP contribution in [0.4, 0.5) is 0 Å². The van der Waals surface area contributed by atoms with Crippen molar-refractivity contribution in [3.63, 3.8) is 0 Å². The Morgan fingerprint density at radius 3 is 1.55 bits per heavy atom. The van der Waals surface area contributed by atoms with Crippen LogP contribution in [0.25, 0.3) is 0 Å². The summed E-state index contributed by atoms with van der Waals surface area (Å²) in [6.45, 7) is 8.90. The molecule has 0 saturated carbocycles. The Bertz CT molecular complexity index is 244. The Balaban J connectivity index is 4.46. The SMILES string of the molecule is CCC(COCC(C)O)(COCC(C)O)COCC(C)OO.